The van der Waals surface area contributed by atoms with Crippen molar-refractivity contribution in [3.05, 3.63) is 42.0 Å². The van der Waals surface area contributed by atoms with E-state index in [-0.39, 0.29) is 0 Å². The summed E-state index contributed by atoms with van der Waals surface area (Å²) in [5.74, 6) is 1.61. The Labute approximate surface area is 133 Å². The van der Waals surface area contributed by atoms with Crippen molar-refractivity contribution in [1.82, 2.24) is 4.90 Å². The molecule has 1 aliphatic rings. The monoisotopic (exact) mass is 298 g/mol. The average Bonchev–Trinajstić information content (AvgIpc) is 2.55. The summed E-state index contributed by atoms with van der Waals surface area (Å²) in [7, 11) is 1.71. The number of hydrogen-bond donors (Lipinski definition) is 1. The molecule has 2 N–H and O–H groups in total. The quantitative estimate of drug-likeness (QED) is 0.940. The zero-order valence-corrected chi connectivity index (χ0v) is 13.6. The standard InChI is InChI=1S/C19H26N2O/c1-14(20)16-7-9-21(10-8-16)13-15-3-4-18-12-19(22-2)6-5-17(18)11-15/h3-6,11-12,14,16H,7-10,13,20H2,1-2H3. The van der Waals surface area contributed by atoms with Crippen molar-refractivity contribution < 1.29 is 4.74 Å². The van der Waals surface area contributed by atoms with Crippen molar-refractivity contribution in [3.63, 3.8) is 0 Å². The van der Waals surface area contributed by atoms with Gasteiger partial charge in [0.15, 0.2) is 0 Å². The molecule has 1 saturated heterocycles. The molecule has 1 unspecified atom stereocenters. The molecule has 0 spiro atoms. The number of nitrogens with two attached hydrogens (primary N) is 1. The number of rotatable bonds is 4. The number of likely N-dealkylation sites (tertiary alicyclic amines) is 1. The van der Waals surface area contributed by atoms with Gasteiger partial charge in [-0.05, 0) is 73.3 Å². The van der Waals surface area contributed by atoms with Crippen molar-refractivity contribution in [3.8, 4) is 5.75 Å². The summed E-state index contributed by atoms with van der Waals surface area (Å²) in [5, 5.41) is 2.52. The number of methoxy groups -OCH3 is 1. The Kier molecular flexibility index (Phi) is 4.65. The summed E-state index contributed by atoms with van der Waals surface area (Å²) in [5.41, 5.74) is 7.41. The summed E-state index contributed by atoms with van der Waals surface area (Å²) in [6.07, 6.45) is 2.45. The van der Waals surface area contributed by atoms with Crippen LogP contribution in [0.1, 0.15) is 25.3 Å². The van der Waals surface area contributed by atoms with Crippen LogP contribution in [0.4, 0.5) is 0 Å². The van der Waals surface area contributed by atoms with E-state index in [1.54, 1.807) is 7.11 Å². The third kappa shape index (κ3) is 3.42. The molecule has 0 bridgehead atoms. The lowest BCUT2D eigenvalue weighted by atomic mass is 9.91. The van der Waals surface area contributed by atoms with Crippen LogP contribution in [0, 0.1) is 5.92 Å². The van der Waals surface area contributed by atoms with E-state index >= 15 is 0 Å². The van der Waals surface area contributed by atoms with E-state index < -0.39 is 0 Å². The molecule has 2 aromatic rings. The Bertz CT molecular complexity index is 630. The minimum atomic E-state index is 0.331. The highest BCUT2D eigenvalue weighted by molar-refractivity contribution is 5.84. The highest BCUT2D eigenvalue weighted by Gasteiger charge is 2.21. The Hall–Kier alpha value is -1.58. The molecule has 0 amide bonds. The van der Waals surface area contributed by atoms with E-state index in [4.69, 9.17) is 10.5 Å². The minimum Gasteiger partial charge on any atom is -0.497 e. The summed E-state index contributed by atoms with van der Waals surface area (Å²) in [4.78, 5) is 2.55. The van der Waals surface area contributed by atoms with Gasteiger partial charge in [-0.15, -0.1) is 0 Å². The molecular weight excluding hydrogens is 272 g/mol. The van der Waals surface area contributed by atoms with Gasteiger partial charge in [-0.2, -0.15) is 0 Å². The minimum absolute atomic E-state index is 0.331. The van der Waals surface area contributed by atoms with Crippen LogP contribution in [0.3, 0.4) is 0 Å². The van der Waals surface area contributed by atoms with Crippen LogP contribution in [-0.2, 0) is 6.54 Å². The number of hydrogen-bond acceptors (Lipinski definition) is 3. The molecule has 0 aromatic heterocycles. The second-order valence-electron chi connectivity index (χ2n) is 6.52. The molecule has 0 saturated carbocycles. The van der Waals surface area contributed by atoms with E-state index in [0.717, 1.165) is 25.4 Å². The molecule has 3 nitrogen and oxygen atoms in total. The third-order valence-corrected chi connectivity index (χ3v) is 4.89. The van der Waals surface area contributed by atoms with Gasteiger partial charge in [0.1, 0.15) is 5.75 Å². The molecule has 1 aliphatic heterocycles. The van der Waals surface area contributed by atoms with Crippen LogP contribution in [-0.4, -0.2) is 31.1 Å². The predicted octanol–water partition coefficient (Wildman–Crippen LogP) is 3.41. The van der Waals surface area contributed by atoms with Crippen molar-refractivity contribution in [1.29, 1.82) is 0 Å². The maximum Gasteiger partial charge on any atom is 0.119 e. The van der Waals surface area contributed by atoms with Crippen LogP contribution < -0.4 is 10.5 Å². The fraction of sp³-hybridized carbons (Fsp3) is 0.474. The second-order valence-corrected chi connectivity index (χ2v) is 6.52. The van der Waals surface area contributed by atoms with Gasteiger partial charge in [-0.25, -0.2) is 0 Å². The molecule has 3 rings (SSSR count). The molecule has 0 aliphatic carbocycles. The SMILES string of the molecule is COc1ccc2cc(CN3CCC(C(C)N)CC3)ccc2c1. The summed E-state index contributed by atoms with van der Waals surface area (Å²) >= 11 is 0. The largest absolute Gasteiger partial charge is 0.497 e. The van der Waals surface area contributed by atoms with Gasteiger partial charge in [0.2, 0.25) is 0 Å². The van der Waals surface area contributed by atoms with Crippen molar-refractivity contribution in [2.45, 2.75) is 32.4 Å². The lowest BCUT2D eigenvalue weighted by Crippen LogP contribution is -2.39. The molecule has 0 radical (unpaired) electrons. The first kappa shape index (κ1) is 15.3. The zero-order chi connectivity index (χ0) is 15.5. The van der Waals surface area contributed by atoms with E-state index in [1.807, 2.05) is 6.07 Å². The van der Waals surface area contributed by atoms with Crippen LogP contribution >= 0.6 is 0 Å². The van der Waals surface area contributed by atoms with Crippen LogP contribution in [0.2, 0.25) is 0 Å². The van der Waals surface area contributed by atoms with Crippen molar-refractivity contribution in [2.75, 3.05) is 20.2 Å². The predicted molar refractivity (Wildman–Crippen MR) is 92.2 cm³/mol. The smallest absolute Gasteiger partial charge is 0.119 e. The van der Waals surface area contributed by atoms with Gasteiger partial charge in [-0.1, -0.05) is 18.2 Å². The first-order chi connectivity index (χ1) is 10.7. The highest BCUT2D eigenvalue weighted by Crippen LogP contribution is 2.24. The molecule has 1 fully saturated rings. The molecule has 2 aromatic carbocycles. The fourth-order valence-corrected chi connectivity index (χ4v) is 3.39. The van der Waals surface area contributed by atoms with Crippen LogP contribution in [0.5, 0.6) is 5.75 Å². The fourth-order valence-electron chi connectivity index (χ4n) is 3.39. The van der Waals surface area contributed by atoms with E-state index in [9.17, 15) is 0 Å². The van der Waals surface area contributed by atoms with E-state index in [0.29, 0.717) is 12.0 Å². The third-order valence-electron chi connectivity index (χ3n) is 4.89. The molecule has 3 heteroatoms. The van der Waals surface area contributed by atoms with Gasteiger partial charge in [-0.3, -0.25) is 4.90 Å². The number of piperidine rings is 1. The Morgan fingerprint density at radius 1 is 1.14 bits per heavy atom. The summed E-state index contributed by atoms with van der Waals surface area (Å²) < 4.78 is 5.28. The van der Waals surface area contributed by atoms with Gasteiger partial charge in [0.05, 0.1) is 7.11 Å². The number of benzene rings is 2. The molecule has 1 heterocycles. The lowest BCUT2D eigenvalue weighted by molar-refractivity contribution is 0.166. The number of fused-ring (bicyclic) bond motifs is 1. The zero-order valence-electron chi connectivity index (χ0n) is 13.6. The normalized spacial score (nSPS) is 18.5. The molecule has 118 valence electrons. The Morgan fingerprint density at radius 3 is 2.50 bits per heavy atom. The first-order valence-corrected chi connectivity index (χ1v) is 8.20. The number of ether oxygens (including phenoxy) is 1. The Morgan fingerprint density at radius 2 is 1.82 bits per heavy atom. The van der Waals surface area contributed by atoms with Crippen LogP contribution in [0.15, 0.2) is 36.4 Å². The van der Waals surface area contributed by atoms with E-state index in [1.165, 1.54) is 29.2 Å². The molecule has 1 atom stereocenters. The van der Waals surface area contributed by atoms with Crippen LogP contribution in [0.25, 0.3) is 10.8 Å². The topological polar surface area (TPSA) is 38.5 Å². The maximum atomic E-state index is 6.02. The summed E-state index contributed by atoms with van der Waals surface area (Å²) in [6, 6.07) is 13.3. The molecule has 22 heavy (non-hydrogen) atoms. The summed E-state index contributed by atoms with van der Waals surface area (Å²) in [6.45, 7) is 5.49. The van der Waals surface area contributed by atoms with Gasteiger partial charge >= 0.3 is 0 Å². The van der Waals surface area contributed by atoms with Gasteiger partial charge in [0, 0.05) is 12.6 Å². The van der Waals surface area contributed by atoms with Crippen molar-refractivity contribution >= 4 is 10.8 Å². The van der Waals surface area contributed by atoms with Gasteiger partial charge < -0.3 is 10.5 Å². The van der Waals surface area contributed by atoms with Crippen molar-refractivity contribution in [2.24, 2.45) is 11.7 Å². The first-order valence-electron chi connectivity index (χ1n) is 8.20. The maximum absolute atomic E-state index is 6.02. The second kappa shape index (κ2) is 6.67. The van der Waals surface area contributed by atoms with E-state index in [2.05, 4.69) is 42.2 Å². The van der Waals surface area contributed by atoms with Gasteiger partial charge in [0.25, 0.3) is 0 Å². The lowest BCUT2D eigenvalue weighted by Gasteiger charge is -2.33. The Balaban J connectivity index is 1.67. The molecular formula is C19H26N2O. The highest BCUT2D eigenvalue weighted by atomic mass is 16.5. The number of nitrogens with zero attached hydrogens (tertiary/aromatic N) is 1. The average molecular weight is 298 g/mol.